The van der Waals surface area contributed by atoms with E-state index in [9.17, 15) is 5.11 Å². The predicted octanol–water partition coefficient (Wildman–Crippen LogP) is 3.05. The van der Waals surface area contributed by atoms with Crippen LogP contribution in [-0.2, 0) is 0 Å². The van der Waals surface area contributed by atoms with Crippen LogP contribution in [0.1, 0.15) is 12.5 Å². The lowest BCUT2D eigenvalue weighted by Gasteiger charge is -2.15. The van der Waals surface area contributed by atoms with Gasteiger partial charge in [-0.25, -0.2) is 0 Å². The summed E-state index contributed by atoms with van der Waals surface area (Å²) in [5, 5.41) is 9.77. The molecule has 0 spiro atoms. The first kappa shape index (κ1) is 12.2. The second-order valence-electron chi connectivity index (χ2n) is 3.10. The molecule has 0 bridgehead atoms. The normalized spacial score (nSPS) is 9.87. The lowest BCUT2D eigenvalue weighted by atomic mass is 10.1. The van der Waals surface area contributed by atoms with Crippen molar-refractivity contribution in [1.29, 1.82) is 0 Å². The number of allylic oxidation sites excluding steroid dienone is 1. The van der Waals surface area contributed by atoms with E-state index in [0.717, 1.165) is 11.1 Å². The van der Waals surface area contributed by atoms with Crippen LogP contribution in [0.3, 0.4) is 0 Å². The van der Waals surface area contributed by atoms with E-state index < -0.39 is 0 Å². The van der Waals surface area contributed by atoms with Crippen LogP contribution in [0.4, 0.5) is 0 Å². The molecule has 82 valence electrons. The molecule has 4 heteroatoms. The summed E-state index contributed by atoms with van der Waals surface area (Å²) in [6.07, 6.45) is 0. The van der Waals surface area contributed by atoms with Gasteiger partial charge in [0.1, 0.15) is 0 Å². The maximum Gasteiger partial charge on any atom is 0.204 e. The highest BCUT2D eigenvalue weighted by Crippen LogP contribution is 2.44. The molecule has 0 aliphatic carbocycles. The Bertz CT molecular complexity index is 399. The Kier molecular flexibility index (Phi) is 3.84. The summed E-state index contributed by atoms with van der Waals surface area (Å²) in [5.41, 5.74) is 1.71. The monoisotopic (exact) mass is 320 g/mol. The molecule has 0 fully saturated rings. The number of phenolic OH excluding ortho intramolecular Hbond substituents is 1. The third kappa shape index (κ3) is 2.19. The van der Waals surface area contributed by atoms with Gasteiger partial charge in [-0.2, -0.15) is 0 Å². The van der Waals surface area contributed by atoms with E-state index in [0.29, 0.717) is 15.1 Å². The molecule has 1 aromatic rings. The molecule has 0 aliphatic heterocycles. The smallest absolute Gasteiger partial charge is 0.204 e. The van der Waals surface area contributed by atoms with E-state index in [1.165, 1.54) is 14.2 Å². The fourth-order valence-electron chi connectivity index (χ4n) is 1.31. The highest BCUT2D eigenvalue weighted by Gasteiger charge is 2.18. The van der Waals surface area contributed by atoms with Gasteiger partial charge in [-0.15, -0.1) is 0 Å². The molecule has 3 nitrogen and oxygen atoms in total. The van der Waals surface area contributed by atoms with Crippen LogP contribution in [0, 0.1) is 3.57 Å². The van der Waals surface area contributed by atoms with Crippen LogP contribution in [-0.4, -0.2) is 19.3 Å². The summed E-state index contributed by atoms with van der Waals surface area (Å²) in [7, 11) is 3.03. The Balaban J connectivity index is 3.54. The van der Waals surface area contributed by atoms with Gasteiger partial charge in [-0.3, -0.25) is 0 Å². The molecule has 1 rings (SSSR count). The van der Waals surface area contributed by atoms with Gasteiger partial charge < -0.3 is 14.6 Å². The summed E-state index contributed by atoms with van der Waals surface area (Å²) >= 11 is 2.04. The first-order valence-corrected chi connectivity index (χ1v) is 5.40. The SMILES string of the molecule is C=C(C)c1cc(I)c(O)c(OC)c1OC. The molecule has 0 saturated heterocycles. The minimum absolute atomic E-state index is 0.0972. The quantitative estimate of drug-likeness (QED) is 0.870. The van der Waals surface area contributed by atoms with Gasteiger partial charge in [-0.05, 0) is 41.2 Å². The van der Waals surface area contributed by atoms with E-state index >= 15 is 0 Å². The summed E-state index contributed by atoms with van der Waals surface area (Å²) in [5.74, 6) is 0.963. The molecule has 0 unspecified atom stereocenters. The molecular formula is C11H13IO3. The lowest BCUT2D eigenvalue weighted by Crippen LogP contribution is -1.96. The number of hydrogen-bond donors (Lipinski definition) is 1. The van der Waals surface area contributed by atoms with E-state index in [2.05, 4.69) is 6.58 Å². The predicted molar refractivity (Wildman–Crippen MR) is 68.6 cm³/mol. The van der Waals surface area contributed by atoms with Crippen LogP contribution >= 0.6 is 22.6 Å². The highest BCUT2D eigenvalue weighted by molar-refractivity contribution is 14.1. The van der Waals surface area contributed by atoms with Gasteiger partial charge in [-0.1, -0.05) is 6.58 Å². The Morgan fingerprint density at radius 2 is 1.87 bits per heavy atom. The topological polar surface area (TPSA) is 38.7 Å². The number of benzene rings is 1. The van der Waals surface area contributed by atoms with Crippen molar-refractivity contribution in [1.82, 2.24) is 0 Å². The molecule has 0 aromatic heterocycles. The first-order valence-electron chi connectivity index (χ1n) is 4.32. The van der Waals surface area contributed by atoms with Crippen molar-refractivity contribution in [2.75, 3.05) is 14.2 Å². The Morgan fingerprint density at radius 3 is 2.27 bits per heavy atom. The fourth-order valence-corrected chi connectivity index (χ4v) is 1.86. The molecule has 0 amide bonds. The van der Waals surface area contributed by atoms with Gasteiger partial charge in [0.15, 0.2) is 11.5 Å². The Labute approximate surface area is 103 Å². The van der Waals surface area contributed by atoms with E-state index in [1.54, 1.807) is 0 Å². The zero-order chi connectivity index (χ0) is 11.6. The van der Waals surface area contributed by atoms with Crippen molar-refractivity contribution in [3.05, 3.63) is 21.8 Å². The standard InChI is InChI=1S/C11H13IO3/c1-6(2)7-5-8(12)9(13)11(15-4)10(7)14-3/h5,13H,1H2,2-4H3. The molecule has 15 heavy (non-hydrogen) atoms. The van der Waals surface area contributed by atoms with Gasteiger partial charge in [0.25, 0.3) is 0 Å². The van der Waals surface area contributed by atoms with Gasteiger partial charge in [0, 0.05) is 5.56 Å². The number of halogens is 1. The molecule has 1 aromatic carbocycles. The van der Waals surface area contributed by atoms with Gasteiger partial charge in [0.2, 0.25) is 5.75 Å². The second kappa shape index (κ2) is 4.74. The number of rotatable bonds is 3. The number of aromatic hydroxyl groups is 1. The fraction of sp³-hybridized carbons (Fsp3) is 0.273. The van der Waals surface area contributed by atoms with E-state index in [-0.39, 0.29) is 5.75 Å². The van der Waals surface area contributed by atoms with Crippen LogP contribution in [0.5, 0.6) is 17.2 Å². The molecule has 0 atom stereocenters. The van der Waals surface area contributed by atoms with Crippen molar-refractivity contribution < 1.29 is 14.6 Å². The van der Waals surface area contributed by atoms with E-state index in [4.69, 9.17) is 9.47 Å². The average molecular weight is 320 g/mol. The molecule has 0 aliphatic rings. The maximum absolute atomic E-state index is 9.77. The van der Waals surface area contributed by atoms with Gasteiger partial charge in [0.05, 0.1) is 17.8 Å². The van der Waals surface area contributed by atoms with Gasteiger partial charge >= 0.3 is 0 Å². The molecule has 0 heterocycles. The summed E-state index contributed by atoms with van der Waals surface area (Å²) < 4.78 is 11.0. The average Bonchev–Trinajstić information content (AvgIpc) is 2.20. The number of phenols is 1. The summed E-state index contributed by atoms with van der Waals surface area (Å²) in [6.45, 7) is 5.74. The summed E-state index contributed by atoms with van der Waals surface area (Å²) in [6, 6.07) is 1.82. The zero-order valence-corrected chi connectivity index (χ0v) is 11.1. The Morgan fingerprint density at radius 1 is 1.33 bits per heavy atom. The van der Waals surface area contributed by atoms with Crippen LogP contribution < -0.4 is 9.47 Å². The van der Waals surface area contributed by atoms with Crippen molar-refractivity contribution in [3.63, 3.8) is 0 Å². The summed E-state index contributed by atoms with van der Waals surface area (Å²) in [4.78, 5) is 0. The lowest BCUT2D eigenvalue weighted by molar-refractivity contribution is 0.331. The first-order chi connectivity index (χ1) is 7.02. The van der Waals surface area contributed by atoms with Crippen molar-refractivity contribution in [2.24, 2.45) is 0 Å². The molecule has 0 radical (unpaired) electrons. The highest BCUT2D eigenvalue weighted by atomic mass is 127. The molecule has 0 saturated carbocycles. The Hall–Kier alpha value is -0.910. The number of hydrogen-bond acceptors (Lipinski definition) is 3. The maximum atomic E-state index is 9.77. The zero-order valence-electron chi connectivity index (χ0n) is 8.93. The number of methoxy groups -OCH3 is 2. The van der Waals surface area contributed by atoms with Crippen LogP contribution in [0.2, 0.25) is 0 Å². The third-order valence-electron chi connectivity index (χ3n) is 2.03. The third-order valence-corrected chi connectivity index (χ3v) is 2.85. The second-order valence-corrected chi connectivity index (χ2v) is 4.26. The van der Waals surface area contributed by atoms with Crippen LogP contribution in [0.15, 0.2) is 12.6 Å². The molecular weight excluding hydrogens is 307 g/mol. The van der Waals surface area contributed by atoms with Crippen molar-refractivity contribution in [3.8, 4) is 17.2 Å². The number of ether oxygens (including phenoxy) is 2. The molecule has 1 N–H and O–H groups in total. The minimum Gasteiger partial charge on any atom is -0.503 e. The minimum atomic E-state index is 0.0972. The van der Waals surface area contributed by atoms with E-state index in [1.807, 2.05) is 35.6 Å². The largest absolute Gasteiger partial charge is 0.503 e. The van der Waals surface area contributed by atoms with Crippen LogP contribution in [0.25, 0.3) is 5.57 Å². The van der Waals surface area contributed by atoms with Crippen molar-refractivity contribution in [2.45, 2.75) is 6.92 Å². The van der Waals surface area contributed by atoms with Crippen molar-refractivity contribution >= 4 is 28.2 Å².